The molecule has 180 valence electrons. The molecule has 0 saturated carbocycles. The Bertz CT molecular complexity index is 1370. The van der Waals surface area contributed by atoms with Crippen LogP contribution < -0.4 is 19.5 Å². The summed E-state index contributed by atoms with van der Waals surface area (Å²) in [5.74, 6) is -3.80. The average Bonchev–Trinajstić information content (AvgIpc) is 2.84. The fourth-order valence-corrected chi connectivity index (χ4v) is 3.33. The summed E-state index contributed by atoms with van der Waals surface area (Å²) in [7, 11) is 1.41. The summed E-state index contributed by atoms with van der Waals surface area (Å²) >= 11 is 0. The van der Waals surface area contributed by atoms with E-state index in [1.807, 2.05) is 0 Å². The summed E-state index contributed by atoms with van der Waals surface area (Å²) in [5, 5.41) is 11.6. The van der Waals surface area contributed by atoms with Gasteiger partial charge in [0.05, 0.1) is 24.8 Å². The molecular weight excluding hydrogens is 465 g/mol. The molecule has 0 spiro atoms. The lowest BCUT2D eigenvalue weighted by molar-refractivity contribution is 0.102. The Hall–Kier alpha value is -4.31. The molecule has 10 heteroatoms. The fourth-order valence-electron chi connectivity index (χ4n) is 3.33. The van der Waals surface area contributed by atoms with Gasteiger partial charge in [0.1, 0.15) is 18.2 Å². The van der Waals surface area contributed by atoms with Gasteiger partial charge in [-0.2, -0.15) is 0 Å². The third kappa shape index (κ3) is 5.12. The van der Waals surface area contributed by atoms with Crippen LogP contribution in [0, 0.1) is 17.5 Å². The number of hydrogen-bond acceptors (Lipinski definition) is 6. The number of rotatable bonds is 8. The molecule has 0 unspecified atom stereocenters. The van der Waals surface area contributed by atoms with Crippen molar-refractivity contribution >= 4 is 22.5 Å². The van der Waals surface area contributed by atoms with Crippen molar-refractivity contribution in [3.63, 3.8) is 0 Å². The lowest BCUT2D eigenvalue weighted by Gasteiger charge is -2.14. The lowest BCUT2D eigenvalue weighted by Crippen LogP contribution is -2.14. The molecule has 4 rings (SSSR count). The first-order valence-electron chi connectivity index (χ1n) is 10.3. The van der Waals surface area contributed by atoms with Crippen molar-refractivity contribution in [2.75, 3.05) is 25.6 Å². The summed E-state index contributed by atoms with van der Waals surface area (Å²) in [5.41, 5.74) is -0.0912. The topological polar surface area (TPSA) is 89.9 Å². The number of methoxy groups -OCH3 is 1. The number of nitrogens with zero attached hydrogens (tertiary/aromatic N) is 1. The maximum absolute atomic E-state index is 14.8. The van der Waals surface area contributed by atoms with Gasteiger partial charge in [-0.25, -0.2) is 13.2 Å². The van der Waals surface area contributed by atoms with Crippen molar-refractivity contribution in [3.8, 4) is 23.0 Å². The van der Waals surface area contributed by atoms with E-state index < -0.39 is 29.1 Å². The summed E-state index contributed by atoms with van der Waals surface area (Å²) < 4.78 is 59.7. The number of carbonyl (C=O) groups excluding carboxylic acids is 1. The van der Waals surface area contributed by atoms with E-state index in [1.54, 1.807) is 6.07 Å². The van der Waals surface area contributed by atoms with E-state index >= 15 is 0 Å². The minimum absolute atomic E-state index is 0.0360. The Labute approximate surface area is 197 Å². The third-order valence-electron chi connectivity index (χ3n) is 4.92. The molecule has 1 heterocycles. The molecule has 0 aliphatic rings. The van der Waals surface area contributed by atoms with E-state index in [4.69, 9.17) is 19.3 Å². The first-order valence-corrected chi connectivity index (χ1v) is 10.3. The molecule has 0 aliphatic heterocycles. The molecule has 4 aromatic rings. The van der Waals surface area contributed by atoms with Gasteiger partial charge in [0, 0.05) is 35.5 Å². The summed E-state index contributed by atoms with van der Waals surface area (Å²) in [4.78, 5) is 16.5. The SMILES string of the molecule is COc1cc2c(Oc3c(F)cc(NC(=O)c4ccccc4F)cc3F)ccnc2cc1OCCO. The number of aliphatic hydroxyl groups excluding tert-OH is 1. The van der Waals surface area contributed by atoms with Crippen molar-refractivity contribution in [1.82, 2.24) is 4.98 Å². The summed E-state index contributed by atoms with van der Waals surface area (Å²) in [6.07, 6.45) is 1.39. The van der Waals surface area contributed by atoms with Crippen molar-refractivity contribution in [3.05, 3.63) is 83.8 Å². The number of hydrogen-bond donors (Lipinski definition) is 2. The molecule has 7 nitrogen and oxygen atoms in total. The fraction of sp³-hybridized carbons (Fsp3) is 0.120. The number of nitrogens with one attached hydrogen (secondary N) is 1. The number of anilines is 1. The number of benzene rings is 3. The Morgan fingerprint density at radius 3 is 2.40 bits per heavy atom. The molecule has 1 aromatic heterocycles. The van der Waals surface area contributed by atoms with Crippen LogP contribution in [0.4, 0.5) is 18.9 Å². The van der Waals surface area contributed by atoms with Gasteiger partial charge < -0.3 is 24.6 Å². The second-order valence-corrected chi connectivity index (χ2v) is 7.21. The highest BCUT2D eigenvalue weighted by Gasteiger charge is 2.19. The second-order valence-electron chi connectivity index (χ2n) is 7.21. The molecule has 0 fully saturated rings. The standard InChI is InChI=1S/C25H19F3N2O5/c1-33-22-12-16-20(13-23(22)34-9-8-31)29-7-6-21(16)35-24-18(27)10-14(11-19(24)28)30-25(32)15-4-2-3-5-17(15)26/h2-7,10-13,31H,8-9H2,1H3,(H,30,32). The maximum atomic E-state index is 14.8. The molecule has 2 N–H and O–H groups in total. The molecule has 0 saturated heterocycles. The minimum atomic E-state index is -1.09. The first kappa shape index (κ1) is 23.8. The molecular formula is C25H19F3N2O5. The van der Waals surface area contributed by atoms with Gasteiger partial charge in [0.2, 0.25) is 0 Å². The first-order chi connectivity index (χ1) is 16.9. The van der Waals surface area contributed by atoms with Gasteiger partial charge in [-0.3, -0.25) is 9.78 Å². The van der Waals surface area contributed by atoms with Gasteiger partial charge in [-0.15, -0.1) is 0 Å². The van der Waals surface area contributed by atoms with Gasteiger partial charge in [-0.1, -0.05) is 12.1 Å². The van der Waals surface area contributed by atoms with Crippen LogP contribution in [0.1, 0.15) is 10.4 Å². The number of carbonyl (C=O) groups is 1. The van der Waals surface area contributed by atoms with Crippen LogP contribution in [0.5, 0.6) is 23.0 Å². The molecule has 0 aliphatic carbocycles. The number of pyridine rings is 1. The lowest BCUT2D eigenvalue weighted by atomic mass is 10.1. The predicted octanol–water partition coefficient (Wildman–Crippen LogP) is 5.08. The minimum Gasteiger partial charge on any atom is -0.493 e. The van der Waals surface area contributed by atoms with E-state index in [0.717, 1.165) is 18.2 Å². The zero-order valence-corrected chi connectivity index (χ0v) is 18.3. The van der Waals surface area contributed by atoms with Crippen LogP contribution in [-0.4, -0.2) is 36.3 Å². The predicted molar refractivity (Wildman–Crippen MR) is 122 cm³/mol. The third-order valence-corrected chi connectivity index (χ3v) is 4.92. The normalized spacial score (nSPS) is 10.8. The quantitative estimate of drug-likeness (QED) is 0.363. The van der Waals surface area contributed by atoms with E-state index in [1.165, 1.54) is 43.6 Å². The highest BCUT2D eigenvalue weighted by atomic mass is 19.1. The smallest absolute Gasteiger partial charge is 0.258 e. The van der Waals surface area contributed by atoms with Crippen molar-refractivity contribution in [1.29, 1.82) is 0 Å². The Morgan fingerprint density at radius 1 is 0.971 bits per heavy atom. The number of ether oxygens (including phenoxy) is 3. The van der Waals surface area contributed by atoms with Crippen molar-refractivity contribution < 1.29 is 37.3 Å². The molecule has 0 radical (unpaired) electrons. The molecule has 0 bridgehead atoms. The average molecular weight is 484 g/mol. The van der Waals surface area contributed by atoms with E-state index in [2.05, 4.69) is 10.3 Å². The molecule has 0 atom stereocenters. The highest BCUT2D eigenvalue weighted by molar-refractivity contribution is 6.04. The largest absolute Gasteiger partial charge is 0.493 e. The number of aliphatic hydroxyl groups is 1. The van der Waals surface area contributed by atoms with Crippen LogP contribution in [0.2, 0.25) is 0 Å². The van der Waals surface area contributed by atoms with Crippen molar-refractivity contribution in [2.24, 2.45) is 0 Å². The van der Waals surface area contributed by atoms with Crippen LogP contribution in [0.25, 0.3) is 10.9 Å². The molecule has 1 amide bonds. The molecule has 3 aromatic carbocycles. The second kappa shape index (κ2) is 10.3. The van der Waals surface area contributed by atoms with Crippen LogP contribution in [0.15, 0.2) is 60.8 Å². The van der Waals surface area contributed by atoms with Crippen LogP contribution >= 0.6 is 0 Å². The van der Waals surface area contributed by atoms with Gasteiger partial charge in [-0.05, 0) is 24.3 Å². The van der Waals surface area contributed by atoms with Gasteiger partial charge in [0.25, 0.3) is 5.91 Å². The Morgan fingerprint density at radius 2 is 1.71 bits per heavy atom. The van der Waals surface area contributed by atoms with Gasteiger partial charge in [0.15, 0.2) is 28.9 Å². The van der Waals surface area contributed by atoms with E-state index in [0.29, 0.717) is 22.4 Å². The van der Waals surface area contributed by atoms with Crippen LogP contribution in [0.3, 0.4) is 0 Å². The van der Waals surface area contributed by atoms with Crippen LogP contribution in [-0.2, 0) is 0 Å². The Kier molecular flexibility index (Phi) is 7.02. The number of amides is 1. The highest BCUT2D eigenvalue weighted by Crippen LogP contribution is 2.38. The zero-order valence-electron chi connectivity index (χ0n) is 18.3. The van der Waals surface area contributed by atoms with E-state index in [-0.39, 0.29) is 30.2 Å². The van der Waals surface area contributed by atoms with Gasteiger partial charge >= 0.3 is 0 Å². The molecule has 35 heavy (non-hydrogen) atoms. The summed E-state index contributed by atoms with van der Waals surface area (Å²) in [6.45, 7) is -0.165. The monoisotopic (exact) mass is 484 g/mol. The number of aromatic nitrogens is 1. The zero-order chi connectivity index (χ0) is 24.9. The number of halogens is 3. The number of fused-ring (bicyclic) bond motifs is 1. The maximum Gasteiger partial charge on any atom is 0.258 e. The van der Waals surface area contributed by atoms with E-state index in [9.17, 15) is 18.0 Å². The summed E-state index contributed by atoms with van der Waals surface area (Å²) in [6, 6.07) is 11.5. The van der Waals surface area contributed by atoms with Crippen molar-refractivity contribution in [2.45, 2.75) is 0 Å². The Balaban J connectivity index is 1.63.